The first-order valence-corrected chi connectivity index (χ1v) is 9.22. The minimum absolute atomic E-state index is 0.221. The molecule has 1 rings (SSSR count). The van der Waals surface area contributed by atoms with E-state index >= 15 is 0 Å². The number of rotatable bonds is 10. The number of ether oxygens (including phenoxy) is 1. The van der Waals surface area contributed by atoms with Crippen LogP contribution in [-0.4, -0.2) is 28.3 Å². The Morgan fingerprint density at radius 3 is 2.52 bits per heavy atom. The van der Waals surface area contributed by atoms with Crippen LogP contribution in [0.4, 0.5) is 4.79 Å². The summed E-state index contributed by atoms with van der Waals surface area (Å²) in [6, 6.07) is 6.59. The Balaban J connectivity index is 2.27. The summed E-state index contributed by atoms with van der Waals surface area (Å²) in [5.74, 6) is 0.221. The molecule has 1 atom stereocenters. The zero-order valence-corrected chi connectivity index (χ0v) is 15.2. The fraction of sp³-hybridized carbons (Fsp3) is 0.562. The Morgan fingerprint density at radius 1 is 1.17 bits per heavy atom. The third-order valence-electron chi connectivity index (χ3n) is 3.20. The van der Waals surface area contributed by atoms with Gasteiger partial charge in [0.25, 0.3) is 11.3 Å². The molecule has 23 heavy (non-hydrogen) atoms. The van der Waals surface area contributed by atoms with Gasteiger partial charge >= 0.3 is 6.09 Å². The van der Waals surface area contributed by atoms with Crippen molar-refractivity contribution >= 4 is 29.0 Å². The van der Waals surface area contributed by atoms with Gasteiger partial charge in [-0.2, -0.15) is 0 Å². The molecular formula is C16H24ClNO4S. The van der Waals surface area contributed by atoms with Crippen LogP contribution in [0.25, 0.3) is 0 Å². The zero-order chi connectivity index (χ0) is 17.1. The largest absolute Gasteiger partial charge is 0.428 e. The standard InChI is InChI=1S/C16H24ClNO4S/c1-3-4-5-6-7-10-13-21-23(20)18(2)16(19)22-15-12-9-8-11-14(15)17/h8-9,11-12H,3-7,10,13H2,1-2H3. The number of nitrogens with zero attached hydrogens (tertiary/aromatic N) is 1. The lowest BCUT2D eigenvalue weighted by Crippen LogP contribution is -2.32. The van der Waals surface area contributed by atoms with Crippen molar-refractivity contribution in [3.8, 4) is 5.75 Å². The van der Waals surface area contributed by atoms with E-state index in [4.69, 9.17) is 20.5 Å². The van der Waals surface area contributed by atoms with Crippen LogP contribution in [0, 0.1) is 0 Å². The van der Waals surface area contributed by atoms with E-state index in [1.54, 1.807) is 24.3 Å². The molecule has 0 aliphatic carbocycles. The first kappa shape index (κ1) is 19.9. The first-order chi connectivity index (χ1) is 11.1. The Hall–Kier alpha value is -1.11. The minimum atomic E-state index is -1.87. The number of unbranched alkanes of at least 4 members (excludes halogenated alkanes) is 5. The van der Waals surface area contributed by atoms with Crippen molar-refractivity contribution in [1.82, 2.24) is 4.31 Å². The fourth-order valence-corrected chi connectivity index (χ4v) is 2.59. The SMILES string of the molecule is CCCCCCCCOS(=O)N(C)C(=O)Oc1ccccc1Cl. The summed E-state index contributed by atoms with van der Waals surface area (Å²) < 4.78 is 23.0. The first-order valence-electron chi connectivity index (χ1n) is 7.81. The topological polar surface area (TPSA) is 55.8 Å². The van der Waals surface area contributed by atoms with Crippen molar-refractivity contribution in [1.29, 1.82) is 0 Å². The van der Waals surface area contributed by atoms with E-state index in [1.165, 1.54) is 26.3 Å². The highest BCUT2D eigenvalue weighted by Gasteiger charge is 2.19. The molecule has 1 aromatic carbocycles. The Kier molecular flexibility index (Phi) is 9.91. The molecule has 0 aliphatic heterocycles. The molecule has 0 fully saturated rings. The highest BCUT2D eigenvalue weighted by atomic mass is 35.5. The molecule has 0 aromatic heterocycles. The summed E-state index contributed by atoms with van der Waals surface area (Å²) in [6.45, 7) is 2.52. The van der Waals surface area contributed by atoms with E-state index in [-0.39, 0.29) is 5.75 Å². The predicted molar refractivity (Wildman–Crippen MR) is 92.7 cm³/mol. The maximum atomic E-state index is 11.9. The summed E-state index contributed by atoms with van der Waals surface area (Å²) in [6.07, 6.45) is 5.88. The van der Waals surface area contributed by atoms with Gasteiger partial charge in [-0.25, -0.2) is 13.3 Å². The highest BCUT2D eigenvalue weighted by Crippen LogP contribution is 2.23. The molecule has 130 valence electrons. The minimum Gasteiger partial charge on any atom is -0.408 e. The van der Waals surface area contributed by atoms with Gasteiger partial charge in [0, 0.05) is 7.05 Å². The second kappa shape index (κ2) is 11.4. The van der Waals surface area contributed by atoms with Gasteiger partial charge in [-0.05, 0) is 18.6 Å². The molecule has 7 heteroatoms. The van der Waals surface area contributed by atoms with Crippen LogP contribution in [0.3, 0.4) is 0 Å². The van der Waals surface area contributed by atoms with Crippen molar-refractivity contribution in [2.75, 3.05) is 13.7 Å². The predicted octanol–water partition coefficient (Wildman–Crippen LogP) is 4.73. The van der Waals surface area contributed by atoms with E-state index in [9.17, 15) is 9.00 Å². The van der Waals surface area contributed by atoms with E-state index in [0.29, 0.717) is 11.6 Å². The van der Waals surface area contributed by atoms with Crippen molar-refractivity contribution < 1.29 is 17.9 Å². The molecule has 5 nitrogen and oxygen atoms in total. The molecule has 0 spiro atoms. The molecule has 1 aromatic rings. The number of amides is 1. The van der Waals surface area contributed by atoms with E-state index in [0.717, 1.165) is 23.6 Å². The summed E-state index contributed by atoms with van der Waals surface area (Å²) in [7, 11) is 1.36. The fourth-order valence-electron chi connectivity index (χ4n) is 1.84. The normalized spacial score (nSPS) is 12.0. The van der Waals surface area contributed by atoms with Crippen molar-refractivity contribution in [3.05, 3.63) is 29.3 Å². The maximum absolute atomic E-state index is 11.9. The van der Waals surface area contributed by atoms with Crippen LogP contribution in [0.5, 0.6) is 5.75 Å². The van der Waals surface area contributed by atoms with Crippen LogP contribution >= 0.6 is 11.6 Å². The lowest BCUT2D eigenvalue weighted by atomic mass is 10.1. The second-order valence-corrected chi connectivity index (χ2v) is 6.73. The lowest BCUT2D eigenvalue weighted by Gasteiger charge is -2.15. The average molecular weight is 362 g/mol. The smallest absolute Gasteiger partial charge is 0.408 e. The summed E-state index contributed by atoms with van der Waals surface area (Å²) in [5, 5.41) is 0.313. The molecule has 1 amide bonds. The van der Waals surface area contributed by atoms with Gasteiger partial charge < -0.3 is 4.74 Å². The molecule has 0 radical (unpaired) electrons. The Morgan fingerprint density at radius 2 is 1.83 bits per heavy atom. The van der Waals surface area contributed by atoms with E-state index in [2.05, 4.69) is 6.92 Å². The van der Waals surface area contributed by atoms with Crippen LogP contribution in [0.15, 0.2) is 24.3 Å². The van der Waals surface area contributed by atoms with Crippen LogP contribution in [-0.2, 0) is 15.4 Å². The van der Waals surface area contributed by atoms with Gasteiger partial charge in [0.15, 0.2) is 5.75 Å². The Labute approximate surface area is 145 Å². The van der Waals surface area contributed by atoms with Crippen molar-refractivity contribution in [2.24, 2.45) is 0 Å². The molecule has 1 unspecified atom stereocenters. The summed E-state index contributed by atoms with van der Waals surface area (Å²) in [4.78, 5) is 11.9. The maximum Gasteiger partial charge on any atom is 0.428 e. The van der Waals surface area contributed by atoms with Gasteiger partial charge in [0.2, 0.25) is 0 Å². The van der Waals surface area contributed by atoms with Gasteiger partial charge in [0.1, 0.15) is 0 Å². The van der Waals surface area contributed by atoms with Crippen LogP contribution in [0.2, 0.25) is 5.02 Å². The van der Waals surface area contributed by atoms with E-state index in [1.807, 2.05) is 0 Å². The number of benzene rings is 1. The van der Waals surface area contributed by atoms with E-state index < -0.39 is 17.4 Å². The summed E-state index contributed by atoms with van der Waals surface area (Å²) in [5.41, 5.74) is 0. The highest BCUT2D eigenvalue weighted by molar-refractivity contribution is 7.78. The van der Waals surface area contributed by atoms with Gasteiger partial charge in [0.05, 0.1) is 11.6 Å². The summed E-state index contributed by atoms with van der Waals surface area (Å²) >= 11 is 4.04. The van der Waals surface area contributed by atoms with Crippen molar-refractivity contribution in [3.63, 3.8) is 0 Å². The average Bonchev–Trinajstić information content (AvgIpc) is 2.55. The molecule has 0 heterocycles. The van der Waals surface area contributed by atoms with Gasteiger partial charge in [-0.15, -0.1) is 0 Å². The molecule has 0 aliphatic rings. The quantitative estimate of drug-likeness (QED) is 0.565. The Bertz CT molecular complexity index is 513. The van der Waals surface area contributed by atoms with Crippen molar-refractivity contribution in [2.45, 2.75) is 45.4 Å². The number of carbonyl (C=O) groups excluding carboxylic acids is 1. The second-order valence-electron chi connectivity index (χ2n) is 5.10. The molecule has 0 saturated carbocycles. The third kappa shape index (κ3) is 7.81. The van der Waals surface area contributed by atoms with Gasteiger partial charge in [-0.1, -0.05) is 62.8 Å². The number of para-hydroxylation sites is 1. The third-order valence-corrected chi connectivity index (χ3v) is 4.47. The number of hydrogen-bond donors (Lipinski definition) is 0. The molecular weight excluding hydrogens is 338 g/mol. The van der Waals surface area contributed by atoms with Gasteiger partial charge in [-0.3, -0.25) is 4.18 Å². The molecule has 0 saturated heterocycles. The molecule has 0 bridgehead atoms. The van der Waals surface area contributed by atoms with Crippen LogP contribution < -0.4 is 4.74 Å². The molecule has 0 N–H and O–H groups in total. The lowest BCUT2D eigenvalue weighted by molar-refractivity contribution is 0.181. The number of hydrogen-bond acceptors (Lipinski definition) is 4. The zero-order valence-electron chi connectivity index (χ0n) is 13.6. The van der Waals surface area contributed by atoms with Crippen LogP contribution in [0.1, 0.15) is 45.4 Å². The number of carbonyl (C=O) groups is 1. The number of halogens is 1. The monoisotopic (exact) mass is 361 g/mol.